The number of hydrogen-bond acceptors (Lipinski definition) is 4. The molecule has 0 unspecified atom stereocenters. The van der Waals surface area contributed by atoms with Crippen molar-refractivity contribution in [2.24, 2.45) is 34.2 Å². The number of nitrogens with two attached hydrogens (primary N) is 3. The minimum Gasteiger partial charge on any atom is -0.370 e. The highest BCUT2D eigenvalue weighted by Crippen LogP contribution is 2.24. The van der Waals surface area contributed by atoms with Gasteiger partial charge in [0, 0.05) is 5.56 Å². The second-order valence-corrected chi connectivity index (χ2v) is 4.11. The monoisotopic (exact) mass is 273 g/mol. The number of benzene rings is 1. The van der Waals surface area contributed by atoms with Crippen LogP contribution in [0, 0.1) is 6.92 Å². The Morgan fingerprint density at radius 3 is 2.60 bits per heavy atom. The lowest BCUT2D eigenvalue weighted by Crippen LogP contribution is -2.26. The summed E-state index contributed by atoms with van der Waals surface area (Å²) in [5.41, 5.74) is 18.4. The summed E-state index contributed by atoms with van der Waals surface area (Å²) >= 11 is 0. The van der Waals surface area contributed by atoms with Gasteiger partial charge in [0.25, 0.3) is 0 Å². The van der Waals surface area contributed by atoms with E-state index in [2.05, 4.69) is 25.4 Å². The second-order valence-electron chi connectivity index (χ2n) is 4.11. The van der Waals surface area contributed by atoms with Gasteiger partial charge in [-0.05, 0) is 23.8 Å². The zero-order chi connectivity index (χ0) is 14.7. The smallest absolute Gasteiger partial charge is 0.223 e. The Morgan fingerprint density at radius 2 is 2.00 bits per heavy atom. The highest BCUT2D eigenvalue weighted by atomic mass is 15.6. The van der Waals surface area contributed by atoms with Crippen LogP contribution in [0.3, 0.4) is 0 Å². The van der Waals surface area contributed by atoms with Crippen molar-refractivity contribution < 1.29 is 0 Å². The van der Waals surface area contributed by atoms with Crippen molar-refractivity contribution >= 4 is 17.6 Å². The molecule has 2 rings (SSSR count). The molecule has 0 saturated carbocycles. The number of hydrogen-bond donors (Lipinski definition) is 3. The quantitative estimate of drug-likeness (QED) is 0.492. The molecular formula is C11H15N9. The van der Waals surface area contributed by atoms with E-state index in [1.54, 1.807) is 13.1 Å². The molecule has 0 amide bonds. The Hall–Kier alpha value is -2.97. The van der Waals surface area contributed by atoms with Gasteiger partial charge in [-0.25, -0.2) is 4.99 Å². The Balaban J connectivity index is 2.42. The summed E-state index contributed by atoms with van der Waals surface area (Å²) in [6.07, 6.45) is 0. The molecule has 0 aliphatic heterocycles. The summed E-state index contributed by atoms with van der Waals surface area (Å²) in [7, 11) is 1.69. The van der Waals surface area contributed by atoms with Crippen molar-refractivity contribution in [2.75, 3.05) is 0 Å². The van der Waals surface area contributed by atoms with Crippen LogP contribution < -0.4 is 17.2 Å². The van der Waals surface area contributed by atoms with Crippen LogP contribution in [0.2, 0.25) is 0 Å². The molecule has 0 spiro atoms. The number of rotatable bonds is 2. The molecule has 0 aliphatic carbocycles. The minimum absolute atomic E-state index is 0.0163. The summed E-state index contributed by atoms with van der Waals surface area (Å²) in [5.74, 6) is 0.345. The first kappa shape index (κ1) is 13.5. The Kier molecular flexibility index (Phi) is 3.60. The van der Waals surface area contributed by atoms with Crippen LogP contribution in [0.25, 0.3) is 11.4 Å². The van der Waals surface area contributed by atoms with Crippen molar-refractivity contribution in [3.05, 3.63) is 23.8 Å². The molecule has 0 radical (unpaired) electrons. The van der Waals surface area contributed by atoms with Crippen LogP contribution >= 0.6 is 0 Å². The molecule has 0 aliphatic rings. The van der Waals surface area contributed by atoms with Crippen molar-refractivity contribution in [3.63, 3.8) is 0 Å². The van der Waals surface area contributed by atoms with Crippen LogP contribution in [0.1, 0.15) is 5.56 Å². The Labute approximate surface area is 115 Å². The zero-order valence-electron chi connectivity index (χ0n) is 11.1. The van der Waals surface area contributed by atoms with Crippen LogP contribution in [-0.4, -0.2) is 32.1 Å². The third-order valence-electron chi connectivity index (χ3n) is 2.45. The lowest BCUT2D eigenvalue weighted by atomic mass is 10.1. The van der Waals surface area contributed by atoms with E-state index in [1.165, 1.54) is 4.80 Å². The maximum Gasteiger partial charge on any atom is 0.223 e. The third kappa shape index (κ3) is 3.07. The normalized spacial score (nSPS) is 11.4. The van der Waals surface area contributed by atoms with E-state index in [1.807, 2.05) is 19.1 Å². The number of aromatic nitrogens is 4. The van der Waals surface area contributed by atoms with Crippen molar-refractivity contribution in [2.45, 2.75) is 6.92 Å². The molecule has 1 heterocycles. The average Bonchev–Trinajstić information content (AvgIpc) is 2.77. The summed E-state index contributed by atoms with van der Waals surface area (Å²) in [6.45, 7) is 1.90. The minimum atomic E-state index is -0.143. The van der Waals surface area contributed by atoms with Gasteiger partial charge < -0.3 is 17.2 Å². The van der Waals surface area contributed by atoms with Crippen LogP contribution in [0.4, 0.5) is 5.69 Å². The van der Waals surface area contributed by atoms with E-state index < -0.39 is 0 Å². The number of guanidine groups is 2. The van der Waals surface area contributed by atoms with E-state index in [0.717, 1.165) is 11.1 Å². The first-order valence-corrected chi connectivity index (χ1v) is 5.74. The maximum atomic E-state index is 5.62. The molecular weight excluding hydrogens is 258 g/mol. The van der Waals surface area contributed by atoms with E-state index >= 15 is 0 Å². The fourth-order valence-corrected chi connectivity index (χ4v) is 1.55. The van der Waals surface area contributed by atoms with Gasteiger partial charge in [0.05, 0.1) is 12.7 Å². The SMILES string of the molecule is Cc1ccc(-c2nnn(C)n2)cc1N=C(N)N=C(N)N. The molecule has 9 nitrogen and oxygen atoms in total. The summed E-state index contributed by atoms with van der Waals surface area (Å²) in [5, 5.41) is 11.9. The van der Waals surface area contributed by atoms with Gasteiger partial charge in [-0.3, -0.25) is 0 Å². The maximum absolute atomic E-state index is 5.62. The molecule has 0 fully saturated rings. The molecule has 2 aromatic rings. The van der Waals surface area contributed by atoms with E-state index in [-0.39, 0.29) is 11.9 Å². The zero-order valence-corrected chi connectivity index (χ0v) is 11.1. The highest BCUT2D eigenvalue weighted by Gasteiger charge is 2.07. The molecule has 20 heavy (non-hydrogen) atoms. The van der Waals surface area contributed by atoms with E-state index in [0.29, 0.717) is 11.5 Å². The fraction of sp³-hybridized carbons (Fsp3) is 0.182. The highest BCUT2D eigenvalue weighted by molar-refractivity contribution is 5.93. The van der Waals surface area contributed by atoms with Gasteiger partial charge in [-0.15, -0.1) is 10.2 Å². The average molecular weight is 273 g/mol. The van der Waals surface area contributed by atoms with Crippen LogP contribution in [0.15, 0.2) is 28.2 Å². The topological polar surface area (TPSA) is 146 Å². The van der Waals surface area contributed by atoms with Crippen molar-refractivity contribution in [1.82, 2.24) is 20.2 Å². The fourth-order valence-electron chi connectivity index (χ4n) is 1.55. The van der Waals surface area contributed by atoms with E-state index in [4.69, 9.17) is 17.2 Å². The van der Waals surface area contributed by atoms with Crippen molar-refractivity contribution in [1.29, 1.82) is 0 Å². The number of nitrogens with zero attached hydrogens (tertiary/aromatic N) is 6. The largest absolute Gasteiger partial charge is 0.370 e. The summed E-state index contributed by atoms with van der Waals surface area (Å²) in [4.78, 5) is 9.21. The second kappa shape index (κ2) is 5.34. The van der Waals surface area contributed by atoms with Crippen LogP contribution in [0.5, 0.6) is 0 Å². The van der Waals surface area contributed by atoms with Gasteiger partial charge >= 0.3 is 0 Å². The molecule has 1 aromatic carbocycles. The summed E-state index contributed by atoms with van der Waals surface area (Å²) < 4.78 is 0. The lowest BCUT2D eigenvalue weighted by Gasteiger charge is -2.03. The molecule has 1 aromatic heterocycles. The van der Waals surface area contributed by atoms with E-state index in [9.17, 15) is 0 Å². The predicted octanol–water partition coefficient (Wildman–Crippen LogP) is -0.595. The number of aryl methyl sites for hydroxylation is 2. The lowest BCUT2D eigenvalue weighted by molar-refractivity contribution is 0.630. The van der Waals surface area contributed by atoms with Gasteiger partial charge in [0.2, 0.25) is 11.8 Å². The van der Waals surface area contributed by atoms with Gasteiger partial charge in [0.15, 0.2) is 5.96 Å². The van der Waals surface area contributed by atoms with Gasteiger partial charge in [0.1, 0.15) is 0 Å². The molecule has 104 valence electrons. The molecule has 9 heteroatoms. The Bertz CT molecular complexity index is 679. The summed E-state index contributed by atoms with van der Waals surface area (Å²) in [6, 6.07) is 5.55. The molecule has 6 N–H and O–H groups in total. The predicted molar refractivity (Wildman–Crippen MR) is 76.1 cm³/mol. The molecule has 0 atom stereocenters. The van der Waals surface area contributed by atoms with Gasteiger partial charge in [-0.2, -0.15) is 9.79 Å². The third-order valence-corrected chi connectivity index (χ3v) is 2.45. The van der Waals surface area contributed by atoms with Gasteiger partial charge in [-0.1, -0.05) is 12.1 Å². The number of tetrazole rings is 1. The molecule has 0 bridgehead atoms. The standard InChI is InChI=1S/C11H15N9/c1-6-3-4-7(9-17-19-20(2)18-9)5-8(6)15-11(14)16-10(12)13/h3-5H,1-2H3,(H6,12,13,14,15,16). The molecule has 0 saturated heterocycles. The Morgan fingerprint density at radius 1 is 1.25 bits per heavy atom. The number of aliphatic imine (C=N–C) groups is 2. The van der Waals surface area contributed by atoms with Crippen molar-refractivity contribution in [3.8, 4) is 11.4 Å². The van der Waals surface area contributed by atoms with Crippen LogP contribution in [-0.2, 0) is 7.05 Å². The first-order valence-electron chi connectivity index (χ1n) is 5.74. The first-order chi connectivity index (χ1) is 9.45.